The lowest BCUT2D eigenvalue weighted by molar-refractivity contribution is -0.138. The number of carboxylic acid groups (broad SMARTS) is 1. The Balaban J connectivity index is 3.00. The third-order valence-corrected chi connectivity index (χ3v) is 3.12. The van der Waals surface area contributed by atoms with E-state index in [2.05, 4.69) is 6.58 Å². The Kier molecular flexibility index (Phi) is 6.35. The van der Waals surface area contributed by atoms with Crippen LogP contribution in [0.25, 0.3) is 0 Å². The number of hydrogen-bond acceptors (Lipinski definition) is 4. The summed E-state index contributed by atoms with van der Waals surface area (Å²) < 4.78 is 10.4. The van der Waals surface area contributed by atoms with Gasteiger partial charge in [0.25, 0.3) is 0 Å². The van der Waals surface area contributed by atoms with E-state index >= 15 is 0 Å². The molecule has 0 fully saturated rings. The summed E-state index contributed by atoms with van der Waals surface area (Å²) in [7, 11) is 3.04. The van der Waals surface area contributed by atoms with Crippen molar-refractivity contribution < 1.29 is 19.4 Å². The summed E-state index contributed by atoms with van der Waals surface area (Å²) in [6, 6.07) is 3.54. The Morgan fingerprint density at radius 1 is 1.45 bits per heavy atom. The van der Waals surface area contributed by atoms with Gasteiger partial charge >= 0.3 is 5.97 Å². The maximum Gasteiger partial charge on any atom is 0.317 e. The fourth-order valence-corrected chi connectivity index (χ4v) is 2.14. The van der Waals surface area contributed by atoms with Crippen LogP contribution in [-0.2, 0) is 11.3 Å². The number of hydrogen-bond donors (Lipinski definition) is 1. The first-order chi connectivity index (χ1) is 9.53. The summed E-state index contributed by atoms with van der Waals surface area (Å²) in [4.78, 5) is 12.5. The zero-order valence-electron chi connectivity index (χ0n) is 11.6. The van der Waals surface area contributed by atoms with Crippen LogP contribution in [0.2, 0.25) is 5.02 Å². The van der Waals surface area contributed by atoms with Crippen molar-refractivity contribution in [3.63, 3.8) is 0 Å². The molecule has 0 aliphatic carbocycles. The van der Waals surface area contributed by atoms with Gasteiger partial charge in [0.05, 0.1) is 25.8 Å². The molecule has 0 aliphatic rings. The lowest BCUT2D eigenvalue weighted by atomic mass is 10.1. The third kappa shape index (κ3) is 4.15. The molecule has 6 heteroatoms. The number of halogens is 1. The highest BCUT2D eigenvalue weighted by Crippen LogP contribution is 2.37. The second kappa shape index (κ2) is 7.77. The maximum atomic E-state index is 10.8. The molecule has 1 aromatic rings. The molecule has 0 bridgehead atoms. The van der Waals surface area contributed by atoms with E-state index in [1.54, 1.807) is 23.1 Å². The average molecular weight is 300 g/mol. The Morgan fingerprint density at radius 2 is 2.15 bits per heavy atom. The van der Waals surface area contributed by atoms with E-state index in [9.17, 15) is 4.79 Å². The molecule has 0 aliphatic heterocycles. The van der Waals surface area contributed by atoms with Gasteiger partial charge in [-0.2, -0.15) is 0 Å². The minimum absolute atomic E-state index is 0.0866. The zero-order valence-corrected chi connectivity index (χ0v) is 12.3. The van der Waals surface area contributed by atoms with E-state index in [0.29, 0.717) is 29.6 Å². The molecule has 0 radical (unpaired) electrons. The van der Waals surface area contributed by atoms with E-state index in [1.165, 1.54) is 14.2 Å². The monoisotopic (exact) mass is 299 g/mol. The van der Waals surface area contributed by atoms with Gasteiger partial charge < -0.3 is 14.6 Å². The number of ether oxygens (including phenoxy) is 2. The van der Waals surface area contributed by atoms with Crippen LogP contribution >= 0.6 is 11.6 Å². The van der Waals surface area contributed by atoms with Crippen molar-refractivity contribution >= 4 is 17.6 Å². The zero-order chi connectivity index (χ0) is 15.1. The normalized spacial score (nSPS) is 10.4. The molecule has 0 spiro atoms. The quantitative estimate of drug-likeness (QED) is 0.747. The molecule has 0 saturated heterocycles. The van der Waals surface area contributed by atoms with E-state index in [-0.39, 0.29) is 6.54 Å². The number of methoxy groups -OCH3 is 2. The van der Waals surface area contributed by atoms with Crippen LogP contribution < -0.4 is 9.47 Å². The summed E-state index contributed by atoms with van der Waals surface area (Å²) in [5.74, 6) is 0.0822. The third-order valence-electron chi connectivity index (χ3n) is 2.71. The van der Waals surface area contributed by atoms with Crippen LogP contribution in [0, 0.1) is 0 Å². The molecule has 0 amide bonds. The summed E-state index contributed by atoms with van der Waals surface area (Å²) in [5, 5.41) is 9.31. The molecule has 0 aromatic heterocycles. The summed E-state index contributed by atoms with van der Waals surface area (Å²) in [5.41, 5.74) is 0.771. The smallest absolute Gasteiger partial charge is 0.317 e. The molecule has 0 unspecified atom stereocenters. The SMILES string of the molecule is C=CCN(CC(=O)O)Cc1ccc(OC)c(OC)c1Cl. The predicted octanol–water partition coefficient (Wildman–Crippen LogP) is 2.43. The highest BCUT2D eigenvalue weighted by Gasteiger charge is 2.16. The standard InChI is InChI=1S/C14H18ClNO4/c1-4-7-16(9-12(17)18)8-10-5-6-11(19-2)14(20-3)13(10)15/h4-6H,1,7-9H2,2-3H3,(H,17,18). The topological polar surface area (TPSA) is 59.0 Å². The van der Waals surface area contributed by atoms with Gasteiger partial charge in [0.15, 0.2) is 11.5 Å². The fourth-order valence-electron chi connectivity index (χ4n) is 1.85. The number of carboxylic acids is 1. The van der Waals surface area contributed by atoms with Gasteiger partial charge in [-0.15, -0.1) is 6.58 Å². The fraction of sp³-hybridized carbons (Fsp3) is 0.357. The summed E-state index contributed by atoms with van der Waals surface area (Å²) in [6.07, 6.45) is 1.65. The van der Waals surface area contributed by atoms with Gasteiger partial charge in [0.1, 0.15) is 0 Å². The molecule has 5 nitrogen and oxygen atoms in total. The summed E-state index contributed by atoms with van der Waals surface area (Å²) >= 11 is 6.27. The van der Waals surface area contributed by atoms with Gasteiger partial charge in [-0.25, -0.2) is 0 Å². The minimum atomic E-state index is -0.900. The number of nitrogens with zero attached hydrogens (tertiary/aromatic N) is 1. The molecule has 1 rings (SSSR count). The van der Waals surface area contributed by atoms with Crippen LogP contribution in [-0.4, -0.2) is 43.3 Å². The second-order valence-corrected chi connectivity index (χ2v) is 4.50. The van der Waals surface area contributed by atoms with Crippen molar-refractivity contribution in [2.24, 2.45) is 0 Å². The number of aliphatic carboxylic acids is 1. The molecule has 110 valence electrons. The minimum Gasteiger partial charge on any atom is -0.493 e. The summed E-state index contributed by atoms with van der Waals surface area (Å²) in [6.45, 7) is 4.38. The molecule has 0 atom stereocenters. The van der Waals surface area contributed by atoms with Gasteiger partial charge in [0.2, 0.25) is 0 Å². The molecule has 1 N–H and O–H groups in total. The average Bonchev–Trinajstić information content (AvgIpc) is 2.40. The molecule has 0 saturated carbocycles. The van der Waals surface area contributed by atoms with Crippen LogP contribution in [0.1, 0.15) is 5.56 Å². The first-order valence-corrected chi connectivity index (χ1v) is 6.35. The van der Waals surface area contributed by atoms with Crippen molar-refractivity contribution in [1.82, 2.24) is 4.90 Å². The van der Waals surface area contributed by atoms with E-state index in [1.807, 2.05) is 0 Å². The van der Waals surface area contributed by atoms with Gasteiger partial charge in [0, 0.05) is 13.1 Å². The van der Waals surface area contributed by atoms with E-state index in [0.717, 1.165) is 5.56 Å². The molecular weight excluding hydrogens is 282 g/mol. The van der Waals surface area contributed by atoms with Gasteiger partial charge in [-0.05, 0) is 11.6 Å². The largest absolute Gasteiger partial charge is 0.493 e. The molecule has 1 aromatic carbocycles. The number of carbonyl (C=O) groups is 1. The lowest BCUT2D eigenvalue weighted by Crippen LogP contribution is -2.29. The molecular formula is C14H18ClNO4. The van der Waals surface area contributed by atoms with Gasteiger partial charge in [-0.1, -0.05) is 23.7 Å². The van der Waals surface area contributed by atoms with Crippen LogP contribution in [0.5, 0.6) is 11.5 Å². The van der Waals surface area contributed by atoms with Crippen molar-refractivity contribution in [3.05, 3.63) is 35.4 Å². The van der Waals surface area contributed by atoms with Crippen molar-refractivity contribution in [3.8, 4) is 11.5 Å². The highest BCUT2D eigenvalue weighted by atomic mass is 35.5. The van der Waals surface area contributed by atoms with Crippen molar-refractivity contribution in [1.29, 1.82) is 0 Å². The second-order valence-electron chi connectivity index (χ2n) is 4.13. The Bertz CT molecular complexity index is 490. The van der Waals surface area contributed by atoms with Crippen LogP contribution in [0.15, 0.2) is 24.8 Å². The van der Waals surface area contributed by atoms with Gasteiger partial charge in [-0.3, -0.25) is 9.69 Å². The van der Waals surface area contributed by atoms with Crippen LogP contribution in [0.3, 0.4) is 0 Å². The van der Waals surface area contributed by atoms with E-state index < -0.39 is 5.97 Å². The molecule has 20 heavy (non-hydrogen) atoms. The van der Waals surface area contributed by atoms with Crippen molar-refractivity contribution in [2.45, 2.75) is 6.54 Å². The maximum absolute atomic E-state index is 10.8. The highest BCUT2D eigenvalue weighted by molar-refractivity contribution is 6.33. The first kappa shape index (κ1) is 16.3. The van der Waals surface area contributed by atoms with E-state index in [4.69, 9.17) is 26.2 Å². The Morgan fingerprint density at radius 3 is 2.65 bits per heavy atom. The van der Waals surface area contributed by atoms with Crippen molar-refractivity contribution in [2.75, 3.05) is 27.3 Å². The Labute approximate surface area is 123 Å². The lowest BCUT2D eigenvalue weighted by Gasteiger charge is -2.20. The Hall–Kier alpha value is -1.72. The first-order valence-electron chi connectivity index (χ1n) is 5.97. The van der Waals surface area contributed by atoms with Crippen LogP contribution in [0.4, 0.5) is 0 Å². The number of benzene rings is 1. The number of rotatable bonds is 8. The predicted molar refractivity (Wildman–Crippen MR) is 77.7 cm³/mol. The molecule has 0 heterocycles.